The molecule has 18 heavy (non-hydrogen) atoms. The third-order valence-electron chi connectivity index (χ3n) is 2.79. The summed E-state index contributed by atoms with van der Waals surface area (Å²) in [4.78, 5) is 4.53. The van der Waals surface area contributed by atoms with Crippen LogP contribution in [0, 0.1) is 6.92 Å². The van der Waals surface area contributed by atoms with Gasteiger partial charge >= 0.3 is 0 Å². The highest BCUT2D eigenvalue weighted by molar-refractivity contribution is 6.39. The second-order valence-corrected chi connectivity index (χ2v) is 5.50. The minimum Gasteiger partial charge on any atom is -0.251 e. The van der Waals surface area contributed by atoms with Gasteiger partial charge in [-0.2, -0.15) is 0 Å². The standard InChI is InChI=1S/C14H12Cl3N/c1-8(15)6-7-10-9(2)18-14-11(13(10)17)4-3-5-12(14)16/h3-6H,7H2,1-2H3. The summed E-state index contributed by atoms with van der Waals surface area (Å²) < 4.78 is 0. The third-order valence-corrected chi connectivity index (χ3v) is 3.68. The summed E-state index contributed by atoms with van der Waals surface area (Å²) in [6.45, 7) is 3.78. The molecule has 94 valence electrons. The molecule has 0 saturated heterocycles. The van der Waals surface area contributed by atoms with Crippen LogP contribution in [0.2, 0.25) is 10.0 Å². The van der Waals surface area contributed by atoms with E-state index in [0.29, 0.717) is 16.5 Å². The molecule has 0 N–H and O–H groups in total. The average Bonchev–Trinajstić information content (AvgIpc) is 2.30. The summed E-state index contributed by atoms with van der Waals surface area (Å²) in [5, 5.41) is 2.95. The number of halogens is 3. The van der Waals surface area contributed by atoms with Crippen LogP contribution < -0.4 is 0 Å². The van der Waals surface area contributed by atoms with Gasteiger partial charge in [0.25, 0.3) is 0 Å². The molecule has 1 nitrogen and oxygen atoms in total. The van der Waals surface area contributed by atoms with Crippen molar-refractivity contribution in [2.75, 3.05) is 0 Å². The van der Waals surface area contributed by atoms with Crippen LogP contribution >= 0.6 is 34.8 Å². The van der Waals surface area contributed by atoms with Gasteiger partial charge in [-0.25, -0.2) is 0 Å². The molecule has 2 rings (SSSR count). The van der Waals surface area contributed by atoms with Crippen molar-refractivity contribution < 1.29 is 0 Å². The zero-order chi connectivity index (χ0) is 13.3. The molecule has 0 atom stereocenters. The smallest absolute Gasteiger partial charge is 0.0906 e. The van der Waals surface area contributed by atoms with E-state index in [-0.39, 0.29) is 0 Å². The molecular formula is C14H12Cl3N. The number of aryl methyl sites for hydroxylation is 1. The Morgan fingerprint density at radius 2 is 2.06 bits per heavy atom. The molecule has 0 unspecified atom stereocenters. The highest BCUT2D eigenvalue weighted by atomic mass is 35.5. The van der Waals surface area contributed by atoms with E-state index in [1.54, 1.807) is 0 Å². The van der Waals surface area contributed by atoms with E-state index in [4.69, 9.17) is 34.8 Å². The first-order valence-corrected chi connectivity index (χ1v) is 6.69. The molecule has 0 bridgehead atoms. The van der Waals surface area contributed by atoms with E-state index in [1.165, 1.54) is 0 Å². The van der Waals surface area contributed by atoms with Crippen molar-refractivity contribution >= 4 is 45.7 Å². The van der Waals surface area contributed by atoms with Crippen molar-refractivity contribution in [2.24, 2.45) is 0 Å². The van der Waals surface area contributed by atoms with Gasteiger partial charge in [-0.05, 0) is 31.9 Å². The number of hydrogen-bond donors (Lipinski definition) is 0. The minimum absolute atomic E-state index is 0.619. The average molecular weight is 301 g/mol. The van der Waals surface area contributed by atoms with Gasteiger partial charge in [-0.3, -0.25) is 4.98 Å². The van der Waals surface area contributed by atoms with Crippen LogP contribution in [0.25, 0.3) is 10.9 Å². The van der Waals surface area contributed by atoms with Crippen LogP contribution in [-0.4, -0.2) is 4.98 Å². The molecule has 0 fully saturated rings. The Balaban J connectivity index is 2.66. The van der Waals surface area contributed by atoms with Gasteiger partial charge < -0.3 is 0 Å². The summed E-state index contributed by atoms with van der Waals surface area (Å²) in [6.07, 6.45) is 2.60. The van der Waals surface area contributed by atoms with E-state index in [9.17, 15) is 0 Å². The molecule has 0 radical (unpaired) electrons. The molecule has 0 amide bonds. The predicted molar refractivity (Wildman–Crippen MR) is 79.8 cm³/mol. The summed E-state index contributed by atoms with van der Waals surface area (Å²) in [5.41, 5.74) is 2.62. The Morgan fingerprint density at radius 3 is 2.72 bits per heavy atom. The fraction of sp³-hybridized carbons (Fsp3) is 0.214. The first kappa shape index (κ1) is 13.7. The van der Waals surface area contributed by atoms with Crippen molar-refractivity contribution in [1.82, 2.24) is 4.98 Å². The van der Waals surface area contributed by atoms with Gasteiger partial charge in [-0.1, -0.05) is 53.0 Å². The van der Waals surface area contributed by atoms with Crippen LogP contribution in [0.5, 0.6) is 0 Å². The molecule has 0 aliphatic carbocycles. The number of rotatable bonds is 2. The molecule has 2 aromatic rings. The molecular weight excluding hydrogens is 289 g/mol. The van der Waals surface area contributed by atoms with Gasteiger partial charge in [0.2, 0.25) is 0 Å². The summed E-state index contributed by atoms with van der Waals surface area (Å²) in [7, 11) is 0. The lowest BCUT2D eigenvalue weighted by Gasteiger charge is -2.10. The van der Waals surface area contributed by atoms with Gasteiger partial charge in [-0.15, -0.1) is 0 Å². The molecule has 0 aliphatic rings. The molecule has 1 heterocycles. The summed E-state index contributed by atoms with van der Waals surface area (Å²) >= 11 is 18.4. The van der Waals surface area contributed by atoms with Crippen molar-refractivity contribution in [3.05, 3.63) is 50.6 Å². The first-order chi connectivity index (χ1) is 8.50. The van der Waals surface area contributed by atoms with E-state index in [1.807, 2.05) is 38.1 Å². The molecule has 1 aromatic heterocycles. The quantitative estimate of drug-likeness (QED) is 0.710. The number of nitrogens with zero attached hydrogens (tertiary/aromatic N) is 1. The van der Waals surface area contributed by atoms with Crippen LogP contribution in [-0.2, 0) is 6.42 Å². The zero-order valence-electron chi connectivity index (χ0n) is 10.1. The Hall–Kier alpha value is -0.760. The molecule has 0 saturated carbocycles. The normalized spacial score (nSPS) is 12.2. The van der Waals surface area contributed by atoms with Crippen molar-refractivity contribution in [2.45, 2.75) is 20.3 Å². The maximum Gasteiger partial charge on any atom is 0.0906 e. The number of benzene rings is 1. The maximum atomic E-state index is 6.43. The van der Waals surface area contributed by atoms with E-state index >= 15 is 0 Å². The third kappa shape index (κ3) is 2.64. The lowest BCUT2D eigenvalue weighted by molar-refractivity contribution is 1.13. The van der Waals surface area contributed by atoms with E-state index in [0.717, 1.165) is 27.2 Å². The monoisotopic (exact) mass is 299 g/mol. The Morgan fingerprint density at radius 1 is 1.33 bits per heavy atom. The highest BCUT2D eigenvalue weighted by Crippen LogP contribution is 2.32. The molecule has 4 heteroatoms. The fourth-order valence-electron chi connectivity index (χ4n) is 1.84. The maximum absolute atomic E-state index is 6.43. The second kappa shape index (κ2) is 5.48. The largest absolute Gasteiger partial charge is 0.251 e. The molecule has 1 aromatic carbocycles. The van der Waals surface area contributed by atoms with Crippen molar-refractivity contribution in [3.8, 4) is 0 Å². The number of allylic oxidation sites excluding steroid dienone is 2. The lowest BCUT2D eigenvalue weighted by Crippen LogP contribution is -1.95. The van der Waals surface area contributed by atoms with Crippen LogP contribution in [0.1, 0.15) is 18.2 Å². The van der Waals surface area contributed by atoms with Gasteiger partial charge in [0.05, 0.1) is 15.6 Å². The fourth-order valence-corrected chi connectivity index (χ4v) is 2.50. The molecule has 0 aliphatic heterocycles. The number of hydrogen-bond acceptors (Lipinski definition) is 1. The Kier molecular flexibility index (Phi) is 4.16. The SMILES string of the molecule is CC(Cl)=CCc1c(C)nc2c(Cl)cccc2c1Cl. The van der Waals surface area contributed by atoms with Crippen LogP contribution in [0.3, 0.4) is 0 Å². The number of aromatic nitrogens is 1. The topological polar surface area (TPSA) is 12.9 Å². The van der Waals surface area contributed by atoms with Gasteiger partial charge in [0.1, 0.15) is 0 Å². The van der Waals surface area contributed by atoms with Crippen molar-refractivity contribution in [1.29, 1.82) is 0 Å². The van der Waals surface area contributed by atoms with Crippen LogP contribution in [0.4, 0.5) is 0 Å². The Bertz CT molecular complexity index is 628. The van der Waals surface area contributed by atoms with Crippen LogP contribution in [0.15, 0.2) is 29.3 Å². The molecule has 0 spiro atoms. The number of fused-ring (bicyclic) bond motifs is 1. The van der Waals surface area contributed by atoms with E-state index in [2.05, 4.69) is 4.98 Å². The summed E-state index contributed by atoms with van der Waals surface area (Å²) in [5.74, 6) is 0. The van der Waals surface area contributed by atoms with Crippen molar-refractivity contribution in [3.63, 3.8) is 0 Å². The zero-order valence-corrected chi connectivity index (χ0v) is 12.4. The van der Waals surface area contributed by atoms with Gasteiger partial charge in [0.15, 0.2) is 0 Å². The summed E-state index contributed by atoms with van der Waals surface area (Å²) in [6, 6.07) is 5.62. The number of pyridine rings is 1. The van der Waals surface area contributed by atoms with Gasteiger partial charge in [0, 0.05) is 16.1 Å². The lowest BCUT2D eigenvalue weighted by atomic mass is 10.1. The Labute approximate surface area is 121 Å². The second-order valence-electron chi connectivity index (χ2n) is 4.12. The highest BCUT2D eigenvalue weighted by Gasteiger charge is 2.11. The predicted octanol–water partition coefficient (Wildman–Crippen LogP) is 5.54. The number of para-hydroxylation sites is 1. The van der Waals surface area contributed by atoms with E-state index < -0.39 is 0 Å². The minimum atomic E-state index is 0.619. The first-order valence-electron chi connectivity index (χ1n) is 5.56.